The van der Waals surface area contributed by atoms with Crippen molar-refractivity contribution in [2.75, 3.05) is 5.32 Å². The molecule has 0 aromatic heterocycles. The number of anilines is 1. The van der Waals surface area contributed by atoms with Crippen LogP contribution >= 0.6 is 11.6 Å². The fourth-order valence-electron chi connectivity index (χ4n) is 1.65. The Bertz CT molecular complexity index is 570. The van der Waals surface area contributed by atoms with Crippen molar-refractivity contribution < 1.29 is 8.78 Å². The summed E-state index contributed by atoms with van der Waals surface area (Å²) in [6.07, 6.45) is 0. The van der Waals surface area contributed by atoms with E-state index in [2.05, 4.69) is 5.32 Å². The van der Waals surface area contributed by atoms with Crippen LogP contribution in [0.5, 0.6) is 0 Å². The van der Waals surface area contributed by atoms with Crippen LogP contribution in [0.1, 0.15) is 11.1 Å². The van der Waals surface area contributed by atoms with Crippen molar-refractivity contribution in [3.8, 4) is 0 Å². The first-order chi connectivity index (χ1) is 8.58. The fourth-order valence-corrected chi connectivity index (χ4v) is 1.85. The molecule has 0 saturated carbocycles. The largest absolute Gasteiger partial charge is 0.381 e. The van der Waals surface area contributed by atoms with Crippen molar-refractivity contribution in [2.45, 2.75) is 13.5 Å². The van der Waals surface area contributed by atoms with Crippen molar-refractivity contribution in [1.29, 1.82) is 0 Å². The number of benzene rings is 2. The molecule has 2 aromatic carbocycles. The minimum absolute atomic E-state index is 0.0882. The molecule has 2 aromatic rings. The maximum absolute atomic E-state index is 13.3. The number of rotatable bonds is 3. The molecule has 0 fully saturated rings. The second-order valence-corrected chi connectivity index (χ2v) is 4.42. The zero-order chi connectivity index (χ0) is 13.1. The number of hydrogen-bond donors (Lipinski definition) is 1. The van der Waals surface area contributed by atoms with Gasteiger partial charge in [0.1, 0.15) is 11.6 Å². The van der Waals surface area contributed by atoms with Gasteiger partial charge in [-0.2, -0.15) is 0 Å². The van der Waals surface area contributed by atoms with Gasteiger partial charge in [-0.15, -0.1) is 0 Å². The van der Waals surface area contributed by atoms with Crippen LogP contribution in [0, 0.1) is 18.6 Å². The van der Waals surface area contributed by atoms with Crippen LogP contribution < -0.4 is 5.32 Å². The van der Waals surface area contributed by atoms with E-state index in [1.807, 2.05) is 0 Å². The highest BCUT2D eigenvalue weighted by Crippen LogP contribution is 2.20. The molecule has 4 heteroatoms. The minimum Gasteiger partial charge on any atom is -0.381 e. The molecule has 0 unspecified atom stereocenters. The van der Waals surface area contributed by atoms with Gasteiger partial charge in [0.25, 0.3) is 0 Å². The highest BCUT2D eigenvalue weighted by Gasteiger charge is 2.04. The molecule has 0 amide bonds. The first-order valence-electron chi connectivity index (χ1n) is 5.51. The van der Waals surface area contributed by atoms with Crippen LogP contribution in [0.3, 0.4) is 0 Å². The summed E-state index contributed by atoms with van der Waals surface area (Å²) in [6.45, 7) is 2.17. The summed E-state index contributed by atoms with van der Waals surface area (Å²) in [5, 5.41) is 3.18. The van der Waals surface area contributed by atoms with E-state index in [0.29, 0.717) is 12.1 Å². The van der Waals surface area contributed by atoms with Crippen molar-refractivity contribution in [3.05, 3.63) is 64.2 Å². The Morgan fingerprint density at radius 1 is 1.11 bits per heavy atom. The first-order valence-corrected chi connectivity index (χ1v) is 5.88. The van der Waals surface area contributed by atoms with E-state index in [1.165, 1.54) is 12.1 Å². The summed E-state index contributed by atoms with van der Waals surface area (Å²) in [7, 11) is 0. The van der Waals surface area contributed by atoms with Crippen LogP contribution in [0.25, 0.3) is 0 Å². The summed E-state index contributed by atoms with van der Waals surface area (Å²) in [6, 6.07) is 9.36. The Balaban J connectivity index is 2.11. The highest BCUT2D eigenvalue weighted by atomic mass is 35.5. The van der Waals surface area contributed by atoms with Gasteiger partial charge in [-0.1, -0.05) is 23.7 Å². The molecule has 0 atom stereocenters. The lowest BCUT2D eigenvalue weighted by molar-refractivity contribution is 0.619. The van der Waals surface area contributed by atoms with E-state index in [0.717, 1.165) is 11.3 Å². The SMILES string of the molecule is Cc1c(F)cccc1NCc1ccc(F)c(Cl)c1. The molecular weight excluding hydrogens is 256 g/mol. The first kappa shape index (κ1) is 12.8. The van der Waals surface area contributed by atoms with E-state index in [9.17, 15) is 8.78 Å². The molecule has 18 heavy (non-hydrogen) atoms. The van der Waals surface area contributed by atoms with E-state index in [1.54, 1.807) is 31.2 Å². The predicted molar refractivity (Wildman–Crippen MR) is 69.9 cm³/mol. The summed E-state index contributed by atoms with van der Waals surface area (Å²) in [4.78, 5) is 0. The van der Waals surface area contributed by atoms with Crippen LogP contribution in [0.4, 0.5) is 14.5 Å². The van der Waals surface area contributed by atoms with Gasteiger partial charge in [0.15, 0.2) is 0 Å². The molecule has 0 aliphatic rings. The molecule has 94 valence electrons. The zero-order valence-electron chi connectivity index (χ0n) is 9.81. The standard InChI is InChI=1S/C14H12ClF2N/c1-9-12(16)3-2-4-14(9)18-8-10-5-6-13(17)11(15)7-10/h2-7,18H,8H2,1H3. The monoisotopic (exact) mass is 267 g/mol. The third kappa shape index (κ3) is 2.79. The molecule has 0 bridgehead atoms. The van der Waals surface area contributed by atoms with Gasteiger partial charge in [-0.3, -0.25) is 0 Å². The van der Waals surface area contributed by atoms with Crippen molar-refractivity contribution in [2.24, 2.45) is 0 Å². The summed E-state index contributed by atoms with van der Waals surface area (Å²) < 4.78 is 26.3. The molecule has 0 spiro atoms. The van der Waals surface area contributed by atoms with Crippen LogP contribution in [0.15, 0.2) is 36.4 Å². The van der Waals surface area contributed by atoms with Gasteiger partial charge < -0.3 is 5.32 Å². The van der Waals surface area contributed by atoms with Crippen molar-refractivity contribution >= 4 is 17.3 Å². The fraction of sp³-hybridized carbons (Fsp3) is 0.143. The van der Waals surface area contributed by atoms with E-state index >= 15 is 0 Å². The smallest absolute Gasteiger partial charge is 0.141 e. The number of hydrogen-bond acceptors (Lipinski definition) is 1. The molecule has 0 saturated heterocycles. The summed E-state index contributed by atoms with van der Waals surface area (Å²) in [5.41, 5.74) is 2.12. The normalized spacial score (nSPS) is 10.4. The molecule has 1 nitrogen and oxygen atoms in total. The third-order valence-electron chi connectivity index (χ3n) is 2.73. The zero-order valence-corrected chi connectivity index (χ0v) is 10.6. The second kappa shape index (κ2) is 5.36. The lowest BCUT2D eigenvalue weighted by atomic mass is 10.1. The highest BCUT2D eigenvalue weighted by molar-refractivity contribution is 6.30. The maximum Gasteiger partial charge on any atom is 0.141 e. The van der Waals surface area contributed by atoms with Gasteiger partial charge >= 0.3 is 0 Å². The molecule has 0 radical (unpaired) electrons. The third-order valence-corrected chi connectivity index (χ3v) is 3.02. The summed E-state index contributed by atoms with van der Waals surface area (Å²) >= 11 is 5.69. The van der Waals surface area contributed by atoms with E-state index in [-0.39, 0.29) is 10.8 Å². The predicted octanol–water partition coefficient (Wildman–Crippen LogP) is 4.54. The molecule has 2 rings (SSSR count). The molecule has 0 aliphatic carbocycles. The molecule has 0 heterocycles. The quantitative estimate of drug-likeness (QED) is 0.861. The van der Waals surface area contributed by atoms with E-state index in [4.69, 9.17) is 11.6 Å². The molecular formula is C14H12ClF2N. The van der Waals surface area contributed by atoms with Gasteiger partial charge in [-0.05, 0) is 36.8 Å². The average Bonchev–Trinajstić information content (AvgIpc) is 2.35. The lowest BCUT2D eigenvalue weighted by Crippen LogP contribution is -2.02. The second-order valence-electron chi connectivity index (χ2n) is 4.01. The van der Waals surface area contributed by atoms with Gasteiger partial charge in [0.2, 0.25) is 0 Å². The average molecular weight is 268 g/mol. The van der Waals surface area contributed by atoms with Crippen LogP contribution in [0.2, 0.25) is 5.02 Å². The van der Waals surface area contributed by atoms with Crippen molar-refractivity contribution in [3.63, 3.8) is 0 Å². The van der Waals surface area contributed by atoms with E-state index < -0.39 is 5.82 Å². The van der Waals surface area contributed by atoms with Gasteiger partial charge in [0.05, 0.1) is 5.02 Å². The Hall–Kier alpha value is -1.61. The Labute approximate surface area is 109 Å². The lowest BCUT2D eigenvalue weighted by Gasteiger charge is -2.10. The summed E-state index contributed by atoms with van der Waals surface area (Å²) in [5.74, 6) is -0.695. The minimum atomic E-state index is -0.442. The van der Waals surface area contributed by atoms with Gasteiger partial charge in [0, 0.05) is 17.8 Å². The Kier molecular flexibility index (Phi) is 3.82. The molecule has 1 N–H and O–H groups in total. The maximum atomic E-state index is 13.3. The van der Waals surface area contributed by atoms with Gasteiger partial charge in [-0.25, -0.2) is 8.78 Å². The van der Waals surface area contributed by atoms with Crippen LogP contribution in [-0.2, 0) is 6.54 Å². The Morgan fingerprint density at radius 2 is 1.89 bits per heavy atom. The number of halogens is 3. The Morgan fingerprint density at radius 3 is 2.61 bits per heavy atom. The molecule has 0 aliphatic heterocycles. The van der Waals surface area contributed by atoms with Crippen LogP contribution in [-0.4, -0.2) is 0 Å². The number of nitrogens with one attached hydrogen (secondary N) is 1. The topological polar surface area (TPSA) is 12.0 Å². The van der Waals surface area contributed by atoms with Crippen molar-refractivity contribution in [1.82, 2.24) is 0 Å².